The molecule has 0 spiro atoms. The first-order chi connectivity index (χ1) is 16.1. The number of fused-ring (bicyclic) bond motifs is 1. The summed E-state index contributed by atoms with van der Waals surface area (Å²) in [7, 11) is 0. The molecule has 1 aromatic carbocycles. The van der Waals surface area contributed by atoms with E-state index in [0.29, 0.717) is 48.5 Å². The number of carbonyl (C=O) groups is 1. The van der Waals surface area contributed by atoms with Crippen molar-refractivity contribution >= 4 is 39.2 Å². The Morgan fingerprint density at radius 2 is 1.97 bits per heavy atom. The highest BCUT2D eigenvalue weighted by Gasteiger charge is 2.26. The van der Waals surface area contributed by atoms with E-state index in [1.165, 1.54) is 29.4 Å². The van der Waals surface area contributed by atoms with E-state index in [2.05, 4.69) is 15.0 Å². The van der Waals surface area contributed by atoms with Crippen LogP contribution in [-0.4, -0.2) is 62.2 Å². The van der Waals surface area contributed by atoms with E-state index >= 15 is 0 Å². The van der Waals surface area contributed by atoms with Crippen molar-refractivity contribution in [3.8, 4) is 17.0 Å². The summed E-state index contributed by atoms with van der Waals surface area (Å²) in [6.07, 6.45) is 8.00. The van der Waals surface area contributed by atoms with E-state index in [1.54, 1.807) is 36.7 Å². The molecule has 0 saturated carbocycles. The van der Waals surface area contributed by atoms with Crippen molar-refractivity contribution < 1.29 is 24.9 Å². The maximum Gasteiger partial charge on any atom is 0.255 e. The normalized spacial score (nSPS) is 13.7. The molecular formula is C24H25FN4O4S2. The lowest BCUT2D eigenvalue weighted by Crippen LogP contribution is -2.41. The first kappa shape index (κ1) is 26.5. The van der Waals surface area contributed by atoms with Crippen LogP contribution in [0.3, 0.4) is 0 Å². The molecule has 0 unspecified atom stereocenters. The molecule has 11 heteroatoms. The number of nitrogens with zero attached hydrogens (tertiary/aromatic N) is 4. The van der Waals surface area contributed by atoms with E-state index in [-0.39, 0.29) is 28.8 Å². The largest absolute Gasteiger partial charge is 0.473 e. The van der Waals surface area contributed by atoms with Gasteiger partial charge in [-0.05, 0) is 30.5 Å². The molecule has 0 atom stereocenters. The summed E-state index contributed by atoms with van der Waals surface area (Å²) in [6, 6.07) is 8.79. The van der Waals surface area contributed by atoms with Gasteiger partial charge in [-0.25, -0.2) is 14.4 Å². The molecule has 1 saturated heterocycles. The van der Waals surface area contributed by atoms with E-state index < -0.39 is 0 Å². The van der Waals surface area contributed by atoms with Crippen molar-refractivity contribution in [1.82, 2.24) is 19.9 Å². The van der Waals surface area contributed by atoms with Gasteiger partial charge < -0.3 is 20.6 Å². The fourth-order valence-corrected chi connectivity index (χ4v) is 5.33. The standard InChI is InChI=1S/C24H21FN4O2S2.2H2O/c1-32-17-4-5-18(20(25)11-17)19-13-33-22-21(19)27-14-28-23(22)31-16-6-9-29(10-7-16)24(30)15-3-2-8-26-12-15;;/h2-5,8,11-14,16H,6-7,9-10H2,1H3;2*1H2. The first-order valence-electron chi connectivity index (χ1n) is 10.6. The second kappa shape index (κ2) is 11.5. The lowest BCUT2D eigenvalue weighted by molar-refractivity contribution is 0.0590. The van der Waals surface area contributed by atoms with Crippen LogP contribution in [0.4, 0.5) is 4.39 Å². The molecule has 0 radical (unpaired) electrons. The molecule has 1 fully saturated rings. The number of thiophene rings is 1. The Bertz CT molecular complexity index is 1300. The zero-order valence-corrected chi connectivity index (χ0v) is 20.5. The minimum absolute atomic E-state index is 0. The van der Waals surface area contributed by atoms with Crippen LogP contribution < -0.4 is 4.74 Å². The average Bonchev–Trinajstić information content (AvgIpc) is 3.29. The predicted octanol–water partition coefficient (Wildman–Crippen LogP) is 3.65. The Labute approximate surface area is 209 Å². The number of hydrogen-bond donors (Lipinski definition) is 0. The number of hydrogen-bond acceptors (Lipinski definition) is 7. The van der Waals surface area contributed by atoms with Gasteiger partial charge in [0.1, 0.15) is 22.9 Å². The summed E-state index contributed by atoms with van der Waals surface area (Å²) in [5.41, 5.74) is 2.54. The highest BCUT2D eigenvalue weighted by molar-refractivity contribution is 7.98. The summed E-state index contributed by atoms with van der Waals surface area (Å²) >= 11 is 2.96. The monoisotopic (exact) mass is 516 g/mol. The fraction of sp³-hybridized carbons (Fsp3) is 0.250. The van der Waals surface area contributed by atoms with Crippen LogP contribution in [0, 0.1) is 5.82 Å². The summed E-state index contributed by atoms with van der Waals surface area (Å²) < 4.78 is 21.7. The Kier molecular flexibility index (Phi) is 8.73. The number of halogens is 1. The number of rotatable bonds is 5. The molecule has 1 amide bonds. The highest BCUT2D eigenvalue weighted by Crippen LogP contribution is 2.38. The first-order valence-corrected chi connectivity index (χ1v) is 12.7. The molecule has 4 N–H and O–H groups in total. The van der Waals surface area contributed by atoms with Gasteiger partial charge in [0, 0.05) is 59.7 Å². The zero-order chi connectivity index (χ0) is 22.8. The van der Waals surface area contributed by atoms with Crippen molar-refractivity contribution in [1.29, 1.82) is 0 Å². The van der Waals surface area contributed by atoms with Crippen LogP contribution in [0.2, 0.25) is 0 Å². The Morgan fingerprint density at radius 1 is 1.17 bits per heavy atom. The summed E-state index contributed by atoms with van der Waals surface area (Å²) in [6.45, 7) is 1.21. The zero-order valence-electron chi connectivity index (χ0n) is 18.9. The number of benzene rings is 1. The van der Waals surface area contributed by atoms with Crippen LogP contribution in [0.25, 0.3) is 21.3 Å². The lowest BCUT2D eigenvalue weighted by atomic mass is 10.1. The maximum atomic E-state index is 14.7. The fourth-order valence-electron chi connectivity index (χ4n) is 3.95. The van der Waals surface area contributed by atoms with Gasteiger partial charge >= 0.3 is 0 Å². The van der Waals surface area contributed by atoms with E-state index in [4.69, 9.17) is 4.74 Å². The molecule has 5 rings (SSSR count). The second-order valence-electron chi connectivity index (χ2n) is 7.70. The molecular weight excluding hydrogens is 491 g/mol. The van der Waals surface area contributed by atoms with Crippen LogP contribution in [0.1, 0.15) is 23.2 Å². The SMILES string of the molecule is CSc1ccc(-c2csc3c(OC4CCN(C(=O)c5cccnc5)CC4)ncnc23)c(F)c1.O.O. The van der Waals surface area contributed by atoms with Crippen molar-refractivity contribution in [2.75, 3.05) is 19.3 Å². The van der Waals surface area contributed by atoms with E-state index in [0.717, 1.165) is 15.2 Å². The van der Waals surface area contributed by atoms with Crippen molar-refractivity contribution in [2.45, 2.75) is 23.8 Å². The molecule has 3 aromatic heterocycles. The Hall–Kier alpha value is -3.12. The third-order valence-electron chi connectivity index (χ3n) is 5.70. The third kappa shape index (κ3) is 5.43. The van der Waals surface area contributed by atoms with Gasteiger partial charge in [-0.2, -0.15) is 0 Å². The summed E-state index contributed by atoms with van der Waals surface area (Å²) in [5.74, 6) is 0.228. The summed E-state index contributed by atoms with van der Waals surface area (Å²) in [5, 5.41) is 1.90. The quantitative estimate of drug-likeness (QED) is 0.372. The minimum atomic E-state index is -0.270. The van der Waals surface area contributed by atoms with Gasteiger partial charge in [-0.3, -0.25) is 9.78 Å². The van der Waals surface area contributed by atoms with Gasteiger partial charge in [0.15, 0.2) is 0 Å². The number of amides is 1. The number of likely N-dealkylation sites (tertiary alicyclic amines) is 1. The second-order valence-corrected chi connectivity index (χ2v) is 9.46. The minimum Gasteiger partial charge on any atom is -0.473 e. The third-order valence-corrected chi connectivity index (χ3v) is 7.39. The Balaban J connectivity index is 0.00000171. The number of ether oxygens (including phenoxy) is 1. The van der Waals surface area contributed by atoms with Crippen molar-refractivity contribution in [3.05, 3.63) is 65.8 Å². The Morgan fingerprint density at radius 3 is 2.66 bits per heavy atom. The van der Waals surface area contributed by atoms with Crippen LogP contribution in [-0.2, 0) is 0 Å². The number of aromatic nitrogens is 3. The molecule has 184 valence electrons. The summed E-state index contributed by atoms with van der Waals surface area (Å²) in [4.78, 5) is 28.1. The highest BCUT2D eigenvalue weighted by atomic mass is 32.2. The molecule has 4 heterocycles. The molecule has 1 aliphatic rings. The molecule has 0 aliphatic carbocycles. The average molecular weight is 517 g/mol. The molecule has 35 heavy (non-hydrogen) atoms. The molecule has 8 nitrogen and oxygen atoms in total. The maximum absolute atomic E-state index is 14.7. The smallest absolute Gasteiger partial charge is 0.255 e. The van der Waals surface area contributed by atoms with Crippen molar-refractivity contribution in [3.63, 3.8) is 0 Å². The lowest BCUT2D eigenvalue weighted by Gasteiger charge is -2.32. The van der Waals surface area contributed by atoms with Gasteiger partial charge in [0.2, 0.25) is 5.88 Å². The number of pyridine rings is 1. The van der Waals surface area contributed by atoms with Crippen molar-refractivity contribution in [2.24, 2.45) is 0 Å². The number of piperidine rings is 1. The topological polar surface area (TPSA) is 131 Å². The molecule has 4 aromatic rings. The van der Waals surface area contributed by atoms with Crippen LogP contribution in [0.15, 0.2) is 59.3 Å². The van der Waals surface area contributed by atoms with Gasteiger partial charge in [0.05, 0.1) is 11.1 Å². The van der Waals surface area contributed by atoms with Gasteiger partial charge in [-0.15, -0.1) is 23.1 Å². The number of thioether (sulfide) groups is 1. The predicted molar refractivity (Wildman–Crippen MR) is 136 cm³/mol. The number of carbonyl (C=O) groups excluding carboxylic acids is 1. The van der Waals surface area contributed by atoms with Gasteiger partial charge in [0.25, 0.3) is 5.91 Å². The molecule has 0 bridgehead atoms. The van der Waals surface area contributed by atoms with Crippen LogP contribution in [0.5, 0.6) is 5.88 Å². The van der Waals surface area contributed by atoms with Gasteiger partial charge in [-0.1, -0.05) is 6.07 Å². The van der Waals surface area contributed by atoms with E-state index in [1.807, 2.05) is 22.6 Å². The van der Waals surface area contributed by atoms with E-state index in [9.17, 15) is 9.18 Å². The molecule has 1 aliphatic heterocycles. The van der Waals surface area contributed by atoms with Crippen LogP contribution >= 0.6 is 23.1 Å².